The second-order valence-electron chi connectivity index (χ2n) is 2.07. The van der Waals surface area contributed by atoms with Gasteiger partial charge in [0.2, 0.25) is 0 Å². The van der Waals surface area contributed by atoms with Crippen molar-refractivity contribution in [1.29, 1.82) is 0 Å². The summed E-state index contributed by atoms with van der Waals surface area (Å²) in [6.45, 7) is 0. The molecule has 0 fully saturated rings. The minimum atomic E-state index is 0.521. The molecule has 0 saturated heterocycles. The van der Waals surface area contributed by atoms with Crippen LogP contribution in [0.4, 0.5) is 0 Å². The molecule has 0 atom stereocenters. The van der Waals surface area contributed by atoms with Gasteiger partial charge < -0.3 is 12.6 Å². The Hall–Kier alpha value is 0.0383. The van der Waals surface area contributed by atoms with Crippen LogP contribution in [0.1, 0.15) is 5.69 Å². The van der Waals surface area contributed by atoms with Gasteiger partial charge in [-0.15, -0.1) is 11.8 Å². The van der Waals surface area contributed by atoms with Crippen molar-refractivity contribution in [2.75, 3.05) is 6.26 Å². The van der Waals surface area contributed by atoms with Crippen molar-refractivity contribution in [3.8, 4) is 0 Å². The zero-order chi connectivity index (χ0) is 11.5. The summed E-state index contributed by atoms with van der Waals surface area (Å²) >= 11 is 7.83. The van der Waals surface area contributed by atoms with Crippen LogP contribution in [0.2, 0.25) is 0 Å². The molecule has 7 heteroatoms. The molecule has 0 saturated carbocycles. The van der Waals surface area contributed by atoms with Gasteiger partial charge >= 0.3 is 28.2 Å². The van der Waals surface area contributed by atoms with Crippen LogP contribution in [-0.4, -0.2) is 21.8 Å². The van der Waals surface area contributed by atoms with Gasteiger partial charge in [-0.05, 0) is 22.8 Å². The molecule has 15 heavy (non-hydrogen) atoms. The van der Waals surface area contributed by atoms with Gasteiger partial charge in [0.15, 0.2) is 0 Å². The van der Waals surface area contributed by atoms with Gasteiger partial charge in [-0.25, -0.2) is 0 Å². The molecule has 1 heterocycles. The van der Waals surface area contributed by atoms with E-state index in [1.54, 1.807) is 31.2 Å². The summed E-state index contributed by atoms with van der Waals surface area (Å²) in [5.41, 5.74) is 0.773. The third-order valence-corrected chi connectivity index (χ3v) is 2.20. The fraction of sp³-hybridized carbons (Fsp3) is 0.125. The van der Waals surface area contributed by atoms with Crippen molar-refractivity contribution in [3.63, 3.8) is 0 Å². The van der Waals surface area contributed by atoms with Crippen molar-refractivity contribution >= 4 is 44.4 Å². The number of thioether (sulfide) groups is 1. The molecule has 1 aromatic rings. The van der Waals surface area contributed by atoms with E-state index in [0.29, 0.717) is 4.38 Å². The number of nitrogens with zero attached hydrogens (tertiary/aromatic N) is 3. The van der Waals surface area contributed by atoms with Gasteiger partial charge in [0.25, 0.3) is 0 Å². The van der Waals surface area contributed by atoms with Gasteiger partial charge in [0.05, 0.1) is 11.9 Å². The summed E-state index contributed by atoms with van der Waals surface area (Å²) in [5.74, 6) is 0. The van der Waals surface area contributed by atoms with E-state index >= 15 is 0 Å². The zero-order valence-corrected chi connectivity index (χ0v) is 12.4. The van der Waals surface area contributed by atoms with E-state index in [1.165, 1.54) is 11.8 Å². The first-order chi connectivity index (χ1) is 7.33. The first-order valence-electron chi connectivity index (χ1n) is 3.68. The fourth-order valence-corrected chi connectivity index (χ4v) is 0.804. The molecule has 0 amide bonds. The Morgan fingerprint density at radius 1 is 1.60 bits per heavy atom. The molecule has 0 unspecified atom stereocenters. The number of halogens is 1. The molecule has 0 aliphatic heterocycles. The van der Waals surface area contributed by atoms with Crippen LogP contribution < -0.4 is 0 Å². The average molecular weight is 441 g/mol. The predicted molar refractivity (Wildman–Crippen MR) is 66.0 cm³/mol. The Morgan fingerprint density at radius 3 is 2.87 bits per heavy atom. The van der Waals surface area contributed by atoms with Gasteiger partial charge in [-0.2, -0.15) is 10.2 Å². The zero-order valence-electron chi connectivity index (χ0n) is 7.74. The summed E-state index contributed by atoms with van der Waals surface area (Å²) in [5, 5.41) is 7.55. The molecule has 0 bridgehead atoms. The Bertz CT molecular complexity index is 319. The first-order valence-corrected chi connectivity index (χ1v) is 8.13. The normalized spacial score (nSPS) is 11.1. The first kappa shape index (κ1) is 15.0. The van der Waals surface area contributed by atoms with E-state index in [0.717, 1.165) is 5.69 Å². The summed E-state index contributed by atoms with van der Waals surface area (Å²) in [4.78, 5) is 4.04. The summed E-state index contributed by atoms with van der Waals surface area (Å²) in [7, 11) is 4.61. The predicted octanol–water partition coefficient (Wildman–Crippen LogP) is 2.37. The van der Waals surface area contributed by atoms with E-state index < -0.39 is 0 Å². The molecule has 84 valence electrons. The molecular weight excluding hydrogens is 433 g/mol. The quantitative estimate of drug-likeness (QED) is 0.307. The molecular formula is C8H8ClN3PtS2. The Balaban J connectivity index is 0.000000921. The third-order valence-electron chi connectivity index (χ3n) is 1.19. The molecule has 0 aliphatic rings. The fourth-order valence-electron chi connectivity index (χ4n) is 0.628. The Kier molecular flexibility index (Phi) is 10.6. The van der Waals surface area contributed by atoms with Crippen molar-refractivity contribution in [3.05, 3.63) is 30.1 Å². The van der Waals surface area contributed by atoms with Crippen LogP contribution in [0.25, 0.3) is 0 Å². The van der Waals surface area contributed by atoms with Crippen LogP contribution in [-0.2, 0) is 31.4 Å². The van der Waals surface area contributed by atoms with E-state index in [9.17, 15) is 0 Å². The summed E-state index contributed by atoms with van der Waals surface area (Å²) < 4.78 is 0.521. The van der Waals surface area contributed by atoms with Crippen LogP contribution in [0.3, 0.4) is 0 Å². The Labute approximate surface area is 114 Å². The minimum absolute atomic E-state index is 0.521. The van der Waals surface area contributed by atoms with E-state index in [2.05, 4.69) is 24.6 Å². The number of hydrogen-bond acceptors (Lipinski definition) is 5. The number of pyridine rings is 1. The number of hydrogen-bond donors (Lipinski definition) is 0. The SMILES string of the molecule is CS/C([S-])=N/N=C\c1ccccn1.[Cl][Pt+]. The molecule has 0 aliphatic carbocycles. The van der Waals surface area contributed by atoms with Gasteiger partial charge in [0.1, 0.15) is 0 Å². The molecule has 1 rings (SSSR count). The molecule has 0 spiro atoms. The Morgan fingerprint density at radius 2 is 2.33 bits per heavy atom. The summed E-state index contributed by atoms with van der Waals surface area (Å²) in [6.07, 6.45) is 5.14. The van der Waals surface area contributed by atoms with Crippen molar-refractivity contribution < 1.29 is 18.8 Å². The van der Waals surface area contributed by atoms with Gasteiger partial charge in [-0.3, -0.25) is 4.98 Å². The molecule has 0 aromatic carbocycles. The van der Waals surface area contributed by atoms with E-state index in [-0.39, 0.29) is 0 Å². The standard InChI is InChI=1S/C8H9N3S2.ClH.Pt/c1-13-8(12)11-10-6-7-4-2-3-5-9-7;;/h2-6H,1H3,(H,11,12);1H;/q;;+2/p-2/b10-6-;;. The monoisotopic (exact) mass is 440 g/mol. The second-order valence-corrected chi connectivity index (χ2v) is 3.51. The van der Waals surface area contributed by atoms with Crippen molar-refractivity contribution in [2.24, 2.45) is 10.2 Å². The number of rotatable bonds is 2. The molecule has 0 N–H and O–H groups in total. The van der Waals surface area contributed by atoms with Crippen LogP contribution in [0.15, 0.2) is 34.6 Å². The second kappa shape index (κ2) is 10.6. The van der Waals surface area contributed by atoms with Crippen LogP contribution >= 0.6 is 21.2 Å². The molecule has 0 radical (unpaired) electrons. The van der Waals surface area contributed by atoms with Gasteiger partial charge in [0, 0.05) is 6.20 Å². The van der Waals surface area contributed by atoms with E-state index in [4.69, 9.17) is 12.6 Å². The summed E-state index contributed by atoms with van der Waals surface area (Å²) in [6, 6.07) is 5.59. The topological polar surface area (TPSA) is 37.6 Å². The van der Waals surface area contributed by atoms with Crippen molar-refractivity contribution in [2.45, 2.75) is 0 Å². The number of aromatic nitrogens is 1. The van der Waals surface area contributed by atoms with Crippen LogP contribution in [0.5, 0.6) is 0 Å². The third kappa shape index (κ3) is 7.91. The van der Waals surface area contributed by atoms with Crippen LogP contribution in [0, 0.1) is 0 Å². The molecule has 1 aromatic heterocycles. The average Bonchev–Trinajstić information content (AvgIpc) is 2.33. The maximum atomic E-state index is 4.83. The molecule has 3 nitrogen and oxygen atoms in total. The van der Waals surface area contributed by atoms with Crippen molar-refractivity contribution in [1.82, 2.24) is 4.98 Å². The van der Waals surface area contributed by atoms with Gasteiger partial charge in [-0.1, -0.05) is 6.07 Å². The maximum absolute atomic E-state index is 4.83. The van der Waals surface area contributed by atoms with E-state index in [1.807, 2.05) is 24.5 Å².